The van der Waals surface area contributed by atoms with Gasteiger partial charge in [-0.15, -0.1) is 0 Å². The van der Waals surface area contributed by atoms with Crippen molar-refractivity contribution in [3.63, 3.8) is 0 Å². The zero-order chi connectivity index (χ0) is 11.4. The van der Waals surface area contributed by atoms with Crippen LogP contribution in [-0.4, -0.2) is 24.7 Å². The number of allylic oxidation sites excluding steroid dienone is 2. The first-order chi connectivity index (χ1) is 6.54. The Balaban J connectivity index is -0.0000000327. The van der Waals surface area contributed by atoms with E-state index in [1.807, 2.05) is 0 Å². The van der Waals surface area contributed by atoms with E-state index in [2.05, 4.69) is 0 Å². The molecular formula is C10H18F3N2O2Ta-3. The number of ketones is 2. The summed E-state index contributed by atoms with van der Waals surface area (Å²) in [7, 11) is 0. The first-order valence-corrected chi connectivity index (χ1v) is 4.29. The fourth-order valence-corrected chi connectivity index (χ4v) is 0.468. The zero-order valence-corrected chi connectivity index (χ0v) is 13.5. The van der Waals surface area contributed by atoms with Gasteiger partial charge in [0.2, 0.25) is 0 Å². The maximum absolute atomic E-state index is 10.1. The van der Waals surface area contributed by atoms with Crippen molar-refractivity contribution in [3.05, 3.63) is 24.3 Å². The third-order valence-electron chi connectivity index (χ3n) is 0.977. The smallest absolute Gasteiger partial charge is 0.152 e. The Bertz CT molecular complexity index is 213. The Morgan fingerprint density at radius 3 is 1.11 bits per heavy atom. The molecule has 0 fully saturated rings. The maximum Gasteiger partial charge on any atom is 0.152 e. The van der Waals surface area contributed by atoms with Gasteiger partial charge in [0.15, 0.2) is 11.6 Å². The monoisotopic (exact) mass is 436 g/mol. The molecule has 4 N–H and O–H groups in total. The largest absolute Gasteiger partial charge is 1.00 e. The molecule has 18 heavy (non-hydrogen) atoms. The van der Waals surface area contributed by atoms with Crippen molar-refractivity contribution >= 4 is 11.6 Å². The van der Waals surface area contributed by atoms with E-state index in [0.29, 0.717) is 13.1 Å². The Hall–Kier alpha value is -0.730. The van der Waals surface area contributed by atoms with E-state index >= 15 is 0 Å². The van der Waals surface area contributed by atoms with E-state index in [1.165, 1.54) is 26.0 Å². The molecule has 109 valence electrons. The van der Waals surface area contributed by atoms with Crippen LogP contribution in [0.1, 0.15) is 13.8 Å². The van der Waals surface area contributed by atoms with Crippen molar-refractivity contribution in [1.82, 2.24) is 0 Å². The summed E-state index contributed by atoms with van der Waals surface area (Å²) in [5.41, 5.74) is 10.1. The molecule has 0 bridgehead atoms. The third kappa shape index (κ3) is 58.8. The van der Waals surface area contributed by atoms with Gasteiger partial charge in [0.25, 0.3) is 0 Å². The molecule has 0 aromatic rings. The van der Waals surface area contributed by atoms with Crippen LogP contribution in [0.3, 0.4) is 0 Å². The minimum atomic E-state index is 0. The molecule has 0 aliphatic rings. The molecular weight excluding hydrogens is 418 g/mol. The van der Waals surface area contributed by atoms with Crippen LogP contribution in [0, 0.1) is 0 Å². The summed E-state index contributed by atoms with van der Waals surface area (Å²) in [6.45, 7) is 3.87. The Morgan fingerprint density at radius 1 is 0.833 bits per heavy atom. The van der Waals surface area contributed by atoms with Gasteiger partial charge in [-0.3, -0.25) is 9.59 Å². The molecule has 0 aromatic carbocycles. The number of hydrogen-bond donors (Lipinski definition) is 2. The van der Waals surface area contributed by atoms with Crippen LogP contribution in [0.5, 0.6) is 0 Å². The van der Waals surface area contributed by atoms with Crippen LogP contribution < -0.4 is 25.6 Å². The summed E-state index contributed by atoms with van der Waals surface area (Å²) in [5.74, 6) is 0.0934. The van der Waals surface area contributed by atoms with Crippen molar-refractivity contribution in [2.45, 2.75) is 13.8 Å². The van der Waals surface area contributed by atoms with Gasteiger partial charge in [-0.25, -0.2) is 0 Å². The molecule has 0 heterocycles. The second-order valence-electron chi connectivity index (χ2n) is 2.50. The van der Waals surface area contributed by atoms with Crippen molar-refractivity contribution in [2.24, 2.45) is 11.5 Å². The van der Waals surface area contributed by atoms with Crippen LogP contribution in [0.25, 0.3) is 0 Å². The first kappa shape index (κ1) is 36.0. The minimum absolute atomic E-state index is 0. The number of nitrogens with two attached hydrogens (primary N) is 2. The Labute approximate surface area is 120 Å². The van der Waals surface area contributed by atoms with Gasteiger partial charge in [-0.2, -0.15) is 0 Å². The molecule has 0 saturated carbocycles. The van der Waals surface area contributed by atoms with Crippen molar-refractivity contribution in [3.8, 4) is 0 Å². The molecule has 0 rings (SSSR count). The van der Waals surface area contributed by atoms with Crippen molar-refractivity contribution in [2.75, 3.05) is 13.1 Å². The minimum Gasteiger partial charge on any atom is -1.00 e. The molecule has 0 atom stereocenters. The van der Waals surface area contributed by atoms with E-state index in [-0.39, 0.29) is 48.1 Å². The summed E-state index contributed by atoms with van der Waals surface area (Å²) in [5, 5.41) is 0. The predicted octanol–water partition coefficient (Wildman–Crippen LogP) is -8.81. The molecule has 0 saturated heterocycles. The van der Waals surface area contributed by atoms with Crippen LogP contribution >= 0.6 is 0 Å². The second kappa shape index (κ2) is 29.9. The fourth-order valence-electron chi connectivity index (χ4n) is 0.468. The van der Waals surface area contributed by atoms with Crippen molar-refractivity contribution in [1.29, 1.82) is 0 Å². The summed E-state index contributed by atoms with van der Waals surface area (Å²) in [6, 6.07) is 0. The zero-order valence-electron chi connectivity index (χ0n) is 10.3. The van der Waals surface area contributed by atoms with E-state index in [9.17, 15) is 9.59 Å². The molecule has 8 heteroatoms. The number of rotatable bonds is 4. The van der Waals surface area contributed by atoms with Crippen LogP contribution in [0.15, 0.2) is 24.3 Å². The average molecular weight is 436 g/mol. The SMILES string of the molecule is CC(=O)C=CCN.CC(=O)C=CCN.[F-].[F-].[F-].[Ta]. The third-order valence-corrected chi connectivity index (χ3v) is 0.977. The Morgan fingerprint density at radius 2 is 1.06 bits per heavy atom. The first-order valence-electron chi connectivity index (χ1n) is 4.29. The number of carbonyl (C=O) groups is 2. The predicted molar refractivity (Wildman–Crippen MR) is 57.8 cm³/mol. The van der Waals surface area contributed by atoms with Crippen molar-refractivity contribution < 1.29 is 46.1 Å². The normalized spacial score (nSPS) is 7.78. The summed E-state index contributed by atoms with van der Waals surface area (Å²) in [4.78, 5) is 20.1. The average Bonchev–Trinajstić information content (AvgIpc) is 2.12. The summed E-state index contributed by atoms with van der Waals surface area (Å²) >= 11 is 0. The second-order valence-corrected chi connectivity index (χ2v) is 2.50. The van der Waals surface area contributed by atoms with E-state index < -0.39 is 0 Å². The molecule has 0 aliphatic heterocycles. The number of halogens is 3. The summed E-state index contributed by atoms with van der Waals surface area (Å²) < 4.78 is 0. The quantitative estimate of drug-likeness (QED) is 0.429. The van der Waals surface area contributed by atoms with Gasteiger partial charge >= 0.3 is 0 Å². The van der Waals surface area contributed by atoms with E-state index in [1.54, 1.807) is 12.2 Å². The molecule has 0 aromatic heterocycles. The Kier molecular flexibility index (Phi) is 59.7. The van der Waals surface area contributed by atoms with Gasteiger partial charge < -0.3 is 25.6 Å². The van der Waals surface area contributed by atoms with Gasteiger partial charge in [0.05, 0.1) is 0 Å². The van der Waals surface area contributed by atoms with E-state index in [4.69, 9.17) is 11.5 Å². The van der Waals surface area contributed by atoms with Gasteiger partial charge in [-0.1, -0.05) is 12.2 Å². The topological polar surface area (TPSA) is 86.2 Å². The molecule has 0 spiro atoms. The molecule has 4 nitrogen and oxygen atoms in total. The van der Waals surface area contributed by atoms with Crippen LogP contribution in [-0.2, 0) is 32.0 Å². The fraction of sp³-hybridized carbons (Fsp3) is 0.400. The van der Waals surface area contributed by atoms with Gasteiger partial charge in [0, 0.05) is 35.5 Å². The van der Waals surface area contributed by atoms with Gasteiger partial charge in [0.1, 0.15) is 0 Å². The standard InChI is InChI=1S/2C5H9NO.3FH.Ta/c2*1-5(7)3-2-4-6;;;;/h2*2-3H,4,6H2,1H3;3*1H;/p-3. The van der Waals surface area contributed by atoms with E-state index in [0.717, 1.165) is 0 Å². The molecule has 0 unspecified atom stereocenters. The molecule has 0 amide bonds. The summed E-state index contributed by atoms with van der Waals surface area (Å²) in [6.07, 6.45) is 6.17. The number of hydrogen-bond acceptors (Lipinski definition) is 4. The molecule has 0 aliphatic carbocycles. The number of carbonyl (C=O) groups excluding carboxylic acids is 2. The van der Waals surface area contributed by atoms with Gasteiger partial charge in [-0.05, 0) is 26.0 Å². The molecule has 1 radical (unpaired) electrons. The maximum atomic E-state index is 10.1. The van der Waals surface area contributed by atoms with Crippen LogP contribution in [0.2, 0.25) is 0 Å². The van der Waals surface area contributed by atoms with Crippen LogP contribution in [0.4, 0.5) is 0 Å².